The number of carbonyl (C=O) groups excluding carboxylic acids is 1. The van der Waals surface area contributed by atoms with Crippen molar-refractivity contribution in [3.05, 3.63) is 54.0 Å². The molecule has 0 bridgehead atoms. The molecule has 164 valence electrons. The van der Waals surface area contributed by atoms with Crippen LogP contribution in [-0.4, -0.2) is 62.8 Å². The minimum absolute atomic E-state index is 0.0945. The molecule has 0 spiro atoms. The number of nitrogens with zero attached hydrogens (tertiary/aromatic N) is 5. The average molecular weight is 423 g/mol. The minimum atomic E-state index is 0.0945. The zero-order chi connectivity index (χ0) is 21.6. The second-order valence-corrected chi connectivity index (χ2v) is 8.44. The first-order chi connectivity index (χ1) is 15.1. The van der Waals surface area contributed by atoms with Crippen molar-refractivity contribution in [3.63, 3.8) is 0 Å². The maximum atomic E-state index is 13.1. The SMILES string of the molecule is Nc1cc(CN2CCC(C(=O)N3CCC(C(=NO)c4ccccn4)CC3)CC2)ccn1. The molecule has 2 saturated heterocycles. The Balaban J connectivity index is 1.26. The first kappa shape index (κ1) is 21.2. The van der Waals surface area contributed by atoms with E-state index in [1.54, 1.807) is 12.4 Å². The first-order valence-corrected chi connectivity index (χ1v) is 11.0. The predicted octanol–water partition coefficient (Wildman–Crippen LogP) is 2.39. The molecule has 0 atom stereocenters. The number of carbonyl (C=O) groups is 1. The molecule has 4 rings (SSSR count). The third-order valence-corrected chi connectivity index (χ3v) is 6.42. The Kier molecular flexibility index (Phi) is 6.76. The van der Waals surface area contributed by atoms with Crippen molar-refractivity contribution in [3.8, 4) is 0 Å². The van der Waals surface area contributed by atoms with Crippen LogP contribution in [0.2, 0.25) is 0 Å². The standard InChI is InChI=1S/C23H30N6O2/c24-21-15-17(4-10-26-21)16-28-11-5-19(6-12-28)23(30)29-13-7-18(8-14-29)22(27-31)20-3-1-2-9-25-20/h1-4,9-10,15,18-19,31H,5-8,11-14,16H2,(H2,24,26). The van der Waals surface area contributed by atoms with Crippen molar-refractivity contribution < 1.29 is 10.0 Å². The van der Waals surface area contributed by atoms with Gasteiger partial charge in [0.15, 0.2) is 0 Å². The summed E-state index contributed by atoms with van der Waals surface area (Å²) in [5.74, 6) is 1.03. The zero-order valence-electron chi connectivity index (χ0n) is 17.7. The van der Waals surface area contributed by atoms with Gasteiger partial charge in [-0.2, -0.15) is 0 Å². The molecule has 3 N–H and O–H groups in total. The monoisotopic (exact) mass is 422 g/mol. The molecule has 2 aliphatic heterocycles. The van der Waals surface area contributed by atoms with E-state index in [2.05, 4.69) is 20.0 Å². The number of piperidine rings is 2. The summed E-state index contributed by atoms with van der Waals surface area (Å²) < 4.78 is 0. The molecule has 2 fully saturated rings. The Morgan fingerprint density at radius 2 is 1.77 bits per heavy atom. The van der Waals surface area contributed by atoms with Crippen molar-refractivity contribution in [2.75, 3.05) is 31.9 Å². The largest absolute Gasteiger partial charge is 0.411 e. The number of hydrogen-bond acceptors (Lipinski definition) is 7. The summed E-state index contributed by atoms with van der Waals surface area (Å²) in [6.45, 7) is 4.07. The Morgan fingerprint density at radius 1 is 1.03 bits per heavy atom. The number of rotatable bonds is 5. The number of oxime groups is 1. The summed E-state index contributed by atoms with van der Waals surface area (Å²) in [4.78, 5) is 25.8. The van der Waals surface area contributed by atoms with E-state index in [9.17, 15) is 10.0 Å². The highest BCUT2D eigenvalue weighted by Gasteiger charge is 2.32. The Bertz CT molecular complexity index is 903. The molecular weight excluding hydrogens is 392 g/mol. The van der Waals surface area contributed by atoms with E-state index in [-0.39, 0.29) is 17.7 Å². The van der Waals surface area contributed by atoms with E-state index < -0.39 is 0 Å². The summed E-state index contributed by atoms with van der Waals surface area (Å²) in [5.41, 5.74) is 8.26. The molecule has 0 radical (unpaired) electrons. The van der Waals surface area contributed by atoms with Crippen molar-refractivity contribution in [1.29, 1.82) is 0 Å². The van der Waals surface area contributed by atoms with Gasteiger partial charge in [-0.25, -0.2) is 4.98 Å². The third-order valence-electron chi connectivity index (χ3n) is 6.42. The highest BCUT2D eigenvalue weighted by molar-refractivity contribution is 6.00. The van der Waals surface area contributed by atoms with Crippen LogP contribution in [0.4, 0.5) is 5.82 Å². The smallest absolute Gasteiger partial charge is 0.225 e. The molecule has 0 unspecified atom stereocenters. The lowest BCUT2D eigenvalue weighted by Crippen LogP contribution is -2.46. The van der Waals surface area contributed by atoms with E-state index in [1.165, 1.54) is 0 Å². The van der Waals surface area contributed by atoms with Crippen LogP contribution in [0.25, 0.3) is 0 Å². The van der Waals surface area contributed by atoms with Crippen LogP contribution >= 0.6 is 0 Å². The summed E-state index contributed by atoms with van der Waals surface area (Å²) in [5, 5.41) is 13.0. The van der Waals surface area contributed by atoms with Gasteiger partial charge in [-0.05, 0) is 68.6 Å². The average Bonchev–Trinajstić information content (AvgIpc) is 2.81. The molecule has 2 aromatic heterocycles. The highest BCUT2D eigenvalue weighted by Crippen LogP contribution is 2.26. The molecule has 8 nitrogen and oxygen atoms in total. The fourth-order valence-corrected chi connectivity index (χ4v) is 4.68. The van der Waals surface area contributed by atoms with E-state index in [4.69, 9.17) is 5.73 Å². The molecule has 2 aromatic rings. The lowest BCUT2D eigenvalue weighted by molar-refractivity contribution is -0.138. The summed E-state index contributed by atoms with van der Waals surface area (Å²) >= 11 is 0. The Morgan fingerprint density at radius 3 is 2.42 bits per heavy atom. The number of pyridine rings is 2. The fraction of sp³-hybridized carbons (Fsp3) is 0.478. The number of likely N-dealkylation sites (tertiary alicyclic amines) is 2. The van der Waals surface area contributed by atoms with Crippen LogP contribution < -0.4 is 5.73 Å². The quantitative estimate of drug-likeness (QED) is 0.435. The lowest BCUT2D eigenvalue weighted by Gasteiger charge is -2.37. The summed E-state index contributed by atoms with van der Waals surface area (Å²) in [7, 11) is 0. The van der Waals surface area contributed by atoms with Crippen molar-refractivity contribution in [1.82, 2.24) is 19.8 Å². The van der Waals surface area contributed by atoms with Crippen LogP contribution in [-0.2, 0) is 11.3 Å². The number of anilines is 1. The second-order valence-electron chi connectivity index (χ2n) is 8.44. The molecule has 2 aliphatic rings. The third kappa shape index (κ3) is 5.19. The molecule has 31 heavy (non-hydrogen) atoms. The lowest BCUT2D eigenvalue weighted by atomic mass is 9.88. The van der Waals surface area contributed by atoms with Crippen LogP contribution in [0.15, 0.2) is 47.9 Å². The molecule has 4 heterocycles. The van der Waals surface area contributed by atoms with Crippen molar-refractivity contribution in [2.45, 2.75) is 32.2 Å². The zero-order valence-corrected chi connectivity index (χ0v) is 17.7. The Hall–Kier alpha value is -3.00. The van der Waals surface area contributed by atoms with Gasteiger partial charge in [0.1, 0.15) is 11.5 Å². The van der Waals surface area contributed by atoms with Gasteiger partial charge < -0.3 is 15.8 Å². The van der Waals surface area contributed by atoms with Gasteiger partial charge >= 0.3 is 0 Å². The van der Waals surface area contributed by atoms with Gasteiger partial charge in [0, 0.05) is 43.9 Å². The van der Waals surface area contributed by atoms with E-state index >= 15 is 0 Å². The number of nitrogen functional groups attached to an aromatic ring is 1. The Labute approximate surface area is 182 Å². The van der Waals surface area contributed by atoms with Crippen LogP contribution in [0.3, 0.4) is 0 Å². The molecule has 8 heteroatoms. The van der Waals surface area contributed by atoms with Crippen LogP contribution in [0.1, 0.15) is 36.9 Å². The maximum Gasteiger partial charge on any atom is 0.225 e. The summed E-state index contributed by atoms with van der Waals surface area (Å²) in [6, 6.07) is 9.50. The van der Waals surface area contributed by atoms with Crippen molar-refractivity contribution in [2.24, 2.45) is 17.0 Å². The van der Waals surface area contributed by atoms with Gasteiger partial charge in [-0.3, -0.25) is 14.7 Å². The maximum absolute atomic E-state index is 13.1. The first-order valence-electron chi connectivity index (χ1n) is 11.0. The van der Waals surface area contributed by atoms with Crippen LogP contribution in [0, 0.1) is 11.8 Å². The minimum Gasteiger partial charge on any atom is -0.411 e. The number of hydrogen-bond donors (Lipinski definition) is 2. The van der Waals surface area contributed by atoms with Gasteiger partial charge in [0.25, 0.3) is 0 Å². The molecule has 0 aliphatic carbocycles. The second kappa shape index (κ2) is 9.87. The number of nitrogens with two attached hydrogens (primary N) is 1. The predicted molar refractivity (Wildman–Crippen MR) is 119 cm³/mol. The molecule has 1 amide bonds. The van der Waals surface area contributed by atoms with E-state index in [0.29, 0.717) is 30.3 Å². The van der Waals surface area contributed by atoms with Crippen LogP contribution in [0.5, 0.6) is 0 Å². The highest BCUT2D eigenvalue weighted by atomic mass is 16.4. The van der Waals surface area contributed by atoms with Crippen molar-refractivity contribution >= 4 is 17.4 Å². The van der Waals surface area contributed by atoms with Gasteiger partial charge in [0.2, 0.25) is 5.91 Å². The van der Waals surface area contributed by atoms with Gasteiger partial charge in [-0.15, -0.1) is 0 Å². The summed E-state index contributed by atoms with van der Waals surface area (Å²) in [6.07, 6.45) is 6.81. The molecule has 0 saturated carbocycles. The molecular formula is C23H30N6O2. The molecule has 0 aromatic carbocycles. The van der Waals surface area contributed by atoms with E-state index in [0.717, 1.165) is 50.9 Å². The normalized spacial score (nSPS) is 19.5. The number of aromatic nitrogens is 2. The van der Waals surface area contributed by atoms with E-state index in [1.807, 2.05) is 35.2 Å². The topological polar surface area (TPSA) is 108 Å². The van der Waals surface area contributed by atoms with Gasteiger partial charge in [0.05, 0.1) is 5.69 Å². The van der Waals surface area contributed by atoms with Gasteiger partial charge in [-0.1, -0.05) is 11.2 Å². The number of amides is 1. The fourth-order valence-electron chi connectivity index (χ4n) is 4.68.